The monoisotopic (exact) mass is 210 g/mol. The molecule has 1 aliphatic rings. The summed E-state index contributed by atoms with van der Waals surface area (Å²) in [4.78, 5) is 12.1. The van der Waals surface area contributed by atoms with Gasteiger partial charge >= 0.3 is 5.97 Å². The Labute approximate surface area is 87.6 Å². The average Bonchev–Trinajstić information content (AvgIpc) is 2.53. The fraction of sp³-hybridized carbons (Fsp3) is 0.545. The summed E-state index contributed by atoms with van der Waals surface area (Å²) in [6.45, 7) is 6.40. The SMILES string of the molecule is Cc1scc(C(=O)O)c1C1CC1(C)C. The number of rotatable bonds is 2. The molecule has 0 radical (unpaired) electrons. The molecule has 0 saturated heterocycles. The van der Waals surface area contributed by atoms with Crippen LogP contribution in [0.25, 0.3) is 0 Å². The molecule has 76 valence electrons. The molecule has 1 N–H and O–H groups in total. The zero-order chi connectivity index (χ0) is 10.5. The van der Waals surface area contributed by atoms with E-state index < -0.39 is 5.97 Å². The molecule has 1 fully saturated rings. The maximum absolute atomic E-state index is 11.0. The molecule has 14 heavy (non-hydrogen) atoms. The normalized spacial score (nSPS) is 23.5. The molecule has 2 rings (SSSR count). The Kier molecular flexibility index (Phi) is 1.96. The number of hydrogen-bond acceptors (Lipinski definition) is 2. The van der Waals surface area contributed by atoms with Crippen molar-refractivity contribution in [3.63, 3.8) is 0 Å². The molecule has 1 aliphatic carbocycles. The van der Waals surface area contributed by atoms with Crippen LogP contribution in [0.1, 0.15) is 47.0 Å². The number of hydrogen-bond donors (Lipinski definition) is 1. The third-order valence-electron chi connectivity index (χ3n) is 3.12. The van der Waals surface area contributed by atoms with Crippen LogP contribution in [0.5, 0.6) is 0 Å². The highest BCUT2D eigenvalue weighted by molar-refractivity contribution is 7.10. The van der Waals surface area contributed by atoms with Crippen molar-refractivity contribution in [1.82, 2.24) is 0 Å². The molecule has 1 aromatic rings. The van der Waals surface area contributed by atoms with E-state index in [-0.39, 0.29) is 0 Å². The highest BCUT2D eigenvalue weighted by Crippen LogP contribution is 2.60. The minimum atomic E-state index is -0.785. The molecule has 3 heteroatoms. The van der Waals surface area contributed by atoms with Crippen LogP contribution in [-0.4, -0.2) is 11.1 Å². The lowest BCUT2D eigenvalue weighted by Crippen LogP contribution is -2.01. The molecule has 1 atom stereocenters. The Morgan fingerprint density at radius 2 is 2.21 bits per heavy atom. The summed E-state index contributed by atoms with van der Waals surface area (Å²) in [5.74, 6) is -0.327. The van der Waals surface area contributed by atoms with Crippen molar-refractivity contribution in [2.45, 2.75) is 33.1 Å². The Morgan fingerprint density at radius 1 is 1.64 bits per heavy atom. The van der Waals surface area contributed by atoms with Gasteiger partial charge in [0.1, 0.15) is 0 Å². The van der Waals surface area contributed by atoms with Gasteiger partial charge in [-0.2, -0.15) is 0 Å². The molecule has 0 amide bonds. The number of thiophene rings is 1. The van der Waals surface area contributed by atoms with E-state index in [1.54, 1.807) is 16.7 Å². The standard InChI is InChI=1S/C11H14O2S/c1-6-9(8-4-11(8,2)3)7(5-14-6)10(12)13/h5,8H,4H2,1-3H3,(H,12,13). The van der Waals surface area contributed by atoms with E-state index in [4.69, 9.17) is 5.11 Å². The zero-order valence-corrected chi connectivity index (χ0v) is 9.44. The largest absolute Gasteiger partial charge is 0.478 e. The van der Waals surface area contributed by atoms with Gasteiger partial charge in [0.25, 0.3) is 0 Å². The van der Waals surface area contributed by atoms with Crippen molar-refractivity contribution >= 4 is 17.3 Å². The minimum absolute atomic E-state index is 0.302. The summed E-state index contributed by atoms with van der Waals surface area (Å²) < 4.78 is 0. The van der Waals surface area contributed by atoms with E-state index in [1.807, 2.05) is 6.92 Å². The highest BCUT2D eigenvalue weighted by Gasteiger charge is 2.48. The van der Waals surface area contributed by atoms with E-state index in [1.165, 1.54) is 0 Å². The molecular weight excluding hydrogens is 196 g/mol. The Morgan fingerprint density at radius 3 is 2.64 bits per heavy atom. The molecule has 1 aromatic heterocycles. The van der Waals surface area contributed by atoms with Gasteiger partial charge in [-0.25, -0.2) is 4.79 Å². The maximum atomic E-state index is 11.0. The Bertz CT molecular complexity index is 390. The molecule has 0 aromatic carbocycles. The van der Waals surface area contributed by atoms with Gasteiger partial charge in [-0.05, 0) is 30.2 Å². The second-order valence-corrected chi connectivity index (χ2v) is 5.75. The molecule has 0 aliphatic heterocycles. The second kappa shape index (κ2) is 2.83. The third kappa shape index (κ3) is 1.36. The molecule has 2 nitrogen and oxygen atoms in total. The molecule has 1 heterocycles. The van der Waals surface area contributed by atoms with Gasteiger partial charge in [-0.3, -0.25) is 0 Å². The molecule has 0 bridgehead atoms. The highest BCUT2D eigenvalue weighted by atomic mass is 32.1. The second-order valence-electron chi connectivity index (χ2n) is 4.67. The van der Waals surface area contributed by atoms with E-state index in [2.05, 4.69) is 13.8 Å². The van der Waals surface area contributed by atoms with Crippen molar-refractivity contribution in [1.29, 1.82) is 0 Å². The number of aromatic carboxylic acids is 1. The van der Waals surface area contributed by atoms with Gasteiger partial charge in [-0.1, -0.05) is 13.8 Å². The van der Waals surface area contributed by atoms with Crippen molar-refractivity contribution in [2.75, 3.05) is 0 Å². The predicted molar refractivity (Wildman–Crippen MR) is 57.2 cm³/mol. The average molecular weight is 210 g/mol. The smallest absolute Gasteiger partial charge is 0.336 e. The van der Waals surface area contributed by atoms with Gasteiger partial charge in [0.05, 0.1) is 5.56 Å². The number of carboxylic acids is 1. The van der Waals surface area contributed by atoms with Crippen molar-refractivity contribution in [2.24, 2.45) is 5.41 Å². The maximum Gasteiger partial charge on any atom is 0.336 e. The van der Waals surface area contributed by atoms with Crippen LogP contribution in [0.2, 0.25) is 0 Å². The first-order valence-corrected chi connectivity index (χ1v) is 5.63. The van der Waals surface area contributed by atoms with Crippen LogP contribution in [0.3, 0.4) is 0 Å². The lowest BCUT2D eigenvalue weighted by molar-refractivity contribution is 0.0696. The first-order valence-electron chi connectivity index (χ1n) is 4.75. The van der Waals surface area contributed by atoms with E-state index in [0.717, 1.165) is 16.9 Å². The molecule has 0 spiro atoms. The topological polar surface area (TPSA) is 37.3 Å². The first-order chi connectivity index (χ1) is 6.43. The quantitative estimate of drug-likeness (QED) is 0.813. The van der Waals surface area contributed by atoms with E-state index >= 15 is 0 Å². The van der Waals surface area contributed by atoms with Crippen LogP contribution in [0, 0.1) is 12.3 Å². The Hall–Kier alpha value is -0.830. The summed E-state index contributed by atoms with van der Waals surface area (Å²) in [5, 5.41) is 10.8. The Balaban J connectivity index is 2.42. The third-order valence-corrected chi connectivity index (χ3v) is 4.04. The number of carbonyl (C=O) groups is 1. The van der Waals surface area contributed by atoms with E-state index in [0.29, 0.717) is 16.9 Å². The van der Waals surface area contributed by atoms with Gasteiger partial charge < -0.3 is 5.11 Å². The van der Waals surface area contributed by atoms with Crippen LogP contribution in [0.15, 0.2) is 5.38 Å². The predicted octanol–water partition coefficient (Wildman–Crippen LogP) is 3.27. The fourth-order valence-electron chi connectivity index (χ4n) is 2.02. The first kappa shape index (κ1) is 9.71. The molecule has 1 unspecified atom stereocenters. The summed E-state index contributed by atoms with van der Waals surface area (Å²) in [7, 11) is 0. The van der Waals surface area contributed by atoms with Crippen LogP contribution in [0.4, 0.5) is 0 Å². The van der Waals surface area contributed by atoms with Crippen molar-refractivity contribution < 1.29 is 9.90 Å². The van der Waals surface area contributed by atoms with Crippen LogP contribution in [-0.2, 0) is 0 Å². The van der Waals surface area contributed by atoms with Gasteiger partial charge in [0, 0.05) is 10.3 Å². The van der Waals surface area contributed by atoms with E-state index in [9.17, 15) is 4.79 Å². The lowest BCUT2D eigenvalue weighted by Gasteiger charge is -2.04. The van der Waals surface area contributed by atoms with Gasteiger partial charge in [-0.15, -0.1) is 11.3 Å². The van der Waals surface area contributed by atoms with Crippen molar-refractivity contribution in [3.05, 3.63) is 21.4 Å². The van der Waals surface area contributed by atoms with Gasteiger partial charge in [0.2, 0.25) is 0 Å². The fourth-order valence-corrected chi connectivity index (χ4v) is 2.92. The number of carboxylic acid groups (broad SMARTS) is 1. The summed E-state index contributed by atoms with van der Waals surface area (Å²) >= 11 is 1.55. The van der Waals surface area contributed by atoms with Crippen LogP contribution >= 0.6 is 11.3 Å². The summed E-state index contributed by atoms with van der Waals surface area (Å²) in [5.41, 5.74) is 1.89. The van der Waals surface area contributed by atoms with Crippen LogP contribution < -0.4 is 0 Å². The molecular formula is C11H14O2S. The van der Waals surface area contributed by atoms with Crippen molar-refractivity contribution in [3.8, 4) is 0 Å². The zero-order valence-electron chi connectivity index (χ0n) is 8.63. The van der Waals surface area contributed by atoms with Gasteiger partial charge in [0.15, 0.2) is 0 Å². The molecule has 1 saturated carbocycles. The number of aryl methyl sites for hydroxylation is 1. The lowest BCUT2D eigenvalue weighted by atomic mass is 10.0. The summed E-state index contributed by atoms with van der Waals surface area (Å²) in [6, 6.07) is 0. The minimum Gasteiger partial charge on any atom is -0.478 e. The summed E-state index contributed by atoms with van der Waals surface area (Å²) in [6.07, 6.45) is 1.12.